The normalized spacial score (nSPS) is 12.0. The van der Waals surface area contributed by atoms with Gasteiger partial charge in [-0.3, -0.25) is 4.79 Å². The lowest BCUT2D eigenvalue weighted by Gasteiger charge is -2.23. The molecule has 122 valence electrons. The van der Waals surface area contributed by atoms with Crippen molar-refractivity contribution < 1.29 is 14.3 Å². The summed E-state index contributed by atoms with van der Waals surface area (Å²) in [5.41, 5.74) is 0.940. The SMILES string of the molecule is COC(=O)c1ccc(C(=O)NCC(c2cccs2)N(C)C)cc1. The largest absolute Gasteiger partial charge is 0.465 e. The van der Waals surface area contributed by atoms with Crippen molar-refractivity contribution in [2.75, 3.05) is 27.7 Å². The summed E-state index contributed by atoms with van der Waals surface area (Å²) in [4.78, 5) is 26.9. The molecule has 1 aromatic heterocycles. The van der Waals surface area contributed by atoms with Crippen LogP contribution in [0.3, 0.4) is 0 Å². The van der Waals surface area contributed by atoms with Gasteiger partial charge >= 0.3 is 5.97 Å². The van der Waals surface area contributed by atoms with Crippen LogP contribution in [0.15, 0.2) is 41.8 Å². The highest BCUT2D eigenvalue weighted by Crippen LogP contribution is 2.22. The summed E-state index contributed by atoms with van der Waals surface area (Å²) in [7, 11) is 5.30. The molecule has 5 nitrogen and oxygen atoms in total. The van der Waals surface area contributed by atoms with E-state index in [9.17, 15) is 9.59 Å². The van der Waals surface area contributed by atoms with Crippen LogP contribution in [-0.4, -0.2) is 44.5 Å². The summed E-state index contributed by atoms with van der Waals surface area (Å²) < 4.78 is 4.64. The van der Waals surface area contributed by atoms with Crippen LogP contribution in [-0.2, 0) is 4.74 Å². The van der Waals surface area contributed by atoms with Crippen LogP contribution in [0.2, 0.25) is 0 Å². The standard InChI is InChI=1S/C17H20N2O3S/c1-19(2)14(15-5-4-10-23-15)11-18-16(20)12-6-8-13(9-7-12)17(21)22-3/h4-10,14H,11H2,1-3H3,(H,18,20). The highest BCUT2D eigenvalue weighted by Gasteiger charge is 2.17. The minimum absolute atomic E-state index is 0.133. The molecule has 1 atom stereocenters. The van der Waals surface area contributed by atoms with Gasteiger partial charge in [0.15, 0.2) is 0 Å². The Bertz CT molecular complexity index is 651. The molecule has 1 aromatic carbocycles. The highest BCUT2D eigenvalue weighted by molar-refractivity contribution is 7.10. The Labute approximate surface area is 139 Å². The molecule has 1 unspecified atom stereocenters. The first kappa shape index (κ1) is 17.2. The molecule has 1 heterocycles. The number of hydrogen-bond acceptors (Lipinski definition) is 5. The quantitative estimate of drug-likeness (QED) is 0.826. The molecule has 1 amide bonds. The van der Waals surface area contributed by atoms with Crippen LogP contribution in [0.5, 0.6) is 0 Å². The van der Waals surface area contributed by atoms with Crippen molar-refractivity contribution in [1.29, 1.82) is 0 Å². The van der Waals surface area contributed by atoms with Gasteiger partial charge in [0.05, 0.1) is 18.7 Å². The van der Waals surface area contributed by atoms with Gasteiger partial charge in [-0.2, -0.15) is 0 Å². The lowest BCUT2D eigenvalue weighted by atomic mass is 10.1. The first-order chi connectivity index (χ1) is 11.0. The highest BCUT2D eigenvalue weighted by atomic mass is 32.1. The van der Waals surface area contributed by atoms with Gasteiger partial charge < -0.3 is 15.0 Å². The van der Waals surface area contributed by atoms with Crippen LogP contribution >= 0.6 is 11.3 Å². The number of ether oxygens (including phenoxy) is 1. The predicted molar refractivity (Wildman–Crippen MR) is 90.9 cm³/mol. The second-order valence-electron chi connectivity index (χ2n) is 5.27. The van der Waals surface area contributed by atoms with Gasteiger partial charge in [0.25, 0.3) is 5.91 Å². The smallest absolute Gasteiger partial charge is 0.337 e. The van der Waals surface area contributed by atoms with E-state index in [1.54, 1.807) is 35.6 Å². The Hall–Kier alpha value is -2.18. The third-order valence-corrected chi connectivity index (χ3v) is 4.49. The fraction of sp³-hybridized carbons (Fsp3) is 0.294. The summed E-state index contributed by atoms with van der Waals surface area (Å²) in [6.45, 7) is 0.519. The van der Waals surface area contributed by atoms with Crippen molar-refractivity contribution in [2.45, 2.75) is 6.04 Å². The van der Waals surface area contributed by atoms with Gasteiger partial charge in [-0.1, -0.05) is 6.07 Å². The zero-order valence-corrected chi connectivity index (χ0v) is 14.2. The van der Waals surface area contributed by atoms with E-state index in [-0.39, 0.29) is 11.9 Å². The van der Waals surface area contributed by atoms with Crippen molar-refractivity contribution in [2.24, 2.45) is 0 Å². The molecular formula is C17H20N2O3S. The molecule has 0 saturated carbocycles. The molecule has 0 saturated heterocycles. The minimum Gasteiger partial charge on any atom is -0.465 e. The molecule has 0 aliphatic heterocycles. The number of likely N-dealkylation sites (N-methyl/N-ethyl adjacent to an activating group) is 1. The van der Waals surface area contributed by atoms with Crippen LogP contribution in [0, 0.1) is 0 Å². The Morgan fingerprint density at radius 3 is 2.35 bits per heavy atom. The fourth-order valence-electron chi connectivity index (χ4n) is 2.19. The molecule has 2 aromatic rings. The minimum atomic E-state index is -0.415. The summed E-state index contributed by atoms with van der Waals surface area (Å²) in [6, 6.07) is 10.6. The summed E-state index contributed by atoms with van der Waals surface area (Å²) in [6.07, 6.45) is 0. The van der Waals surface area contributed by atoms with Gasteiger partial charge in [-0.25, -0.2) is 4.79 Å². The molecule has 0 fully saturated rings. The van der Waals surface area contributed by atoms with Gasteiger partial charge in [-0.15, -0.1) is 11.3 Å². The molecule has 0 radical (unpaired) electrons. The maximum Gasteiger partial charge on any atom is 0.337 e. The molecule has 2 rings (SSSR count). The fourth-order valence-corrected chi connectivity index (χ4v) is 3.11. The van der Waals surface area contributed by atoms with E-state index < -0.39 is 5.97 Å². The number of nitrogens with one attached hydrogen (secondary N) is 1. The van der Waals surface area contributed by atoms with E-state index in [2.05, 4.69) is 21.0 Å². The van der Waals surface area contributed by atoms with Crippen molar-refractivity contribution in [3.8, 4) is 0 Å². The number of carbonyl (C=O) groups excluding carboxylic acids is 2. The summed E-state index contributed by atoms with van der Waals surface area (Å²) >= 11 is 1.67. The number of amides is 1. The molecule has 23 heavy (non-hydrogen) atoms. The third-order valence-electron chi connectivity index (χ3n) is 3.52. The van der Waals surface area contributed by atoms with Crippen molar-refractivity contribution in [3.05, 3.63) is 57.8 Å². The van der Waals surface area contributed by atoms with Crippen LogP contribution < -0.4 is 5.32 Å². The Morgan fingerprint density at radius 1 is 1.17 bits per heavy atom. The lowest BCUT2D eigenvalue weighted by Crippen LogP contribution is -2.34. The lowest BCUT2D eigenvalue weighted by molar-refractivity contribution is 0.0600. The maximum absolute atomic E-state index is 12.2. The number of esters is 1. The molecule has 6 heteroatoms. The zero-order valence-electron chi connectivity index (χ0n) is 13.4. The van der Waals surface area contributed by atoms with E-state index in [0.717, 1.165) is 0 Å². The van der Waals surface area contributed by atoms with E-state index >= 15 is 0 Å². The first-order valence-corrected chi connectivity index (χ1v) is 8.07. The van der Waals surface area contributed by atoms with Gasteiger partial charge in [0.2, 0.25) is 0 Å². The Morgan fingerprint density at radius 2 is 1.83 bits per heavy atom. The first-order valence-electron chi connectivity index (χ1n) is 7.19. The summed E-state index contributed by atoms with van der Waals surface area (Å²) in [5, 5.41) is 4.97. The van der Waals surface area contributed by atoms with E-state index in [0.29, 0.717) is 17.7 Å². The Kier molecular flexibility index (Phi) is 5.90. The topological polar surface area (TPSA) is 58.6 Å². The number of thiophene rings is 1. The van der Waals surface area contributed by atoms with Gasteiger partial charge in [0.1, 0.15) is 0 Å². The third kappa shape index (κ3) is 4.40. The molecule has 1 N–H and O–H groups in total. The number of hydrogen-bond donors (Lipinski definition) is 1. The van der Waals surface area contributed by atoms with Crippen LogP contribution in [0.4, 0.5) is 0 Å². The van der Waals surface area contributed by atoms with Crippen LogP contribution in [0.25, 0.3) is 0 Å². The van der Waals surface area contributed by atoms with Crippen molar-refractivity contribution in [3.63, 3.8) is 0 Å². The monoisotopic (exact) mass is 332 g/mol. The molecule has 0 aliphatic rings. The molecule has 0 aliphatic carbocycles. The zero-order chi connectivity index (χ0) is 16.8. The molecule has 0 spiro atoms. The Balaban J connectivity index is 1.99. The number of benzene rings is 1. The van der Waals surface area contributed by atoms with E-state index in [4.69, 9.17) is 0 Å². The number of nitrogens with zero attached hydrogens (tertiary/aromatic N) is 1. The molecule has 0 bridgehead atoms. The molecular weight excluding hydrogens is 312 g/mol. The summed E-state index contributed by atoms with van der Waals surface area (Å²) in [5.74, 6) is -0.577. The van der Waals surface area contributed by atoms with Gasteiger partial charge in [-0.05, 0) is 49.8 Å². The van der Waals surface area contributed by atoms with Gasteiger partial charge in [0, 0.05) is 17.0 Å². The van der Waals surface area contributed by atoms with Crippen molar-refractivity contribution in [1.82, 2.24) is 10.2 Å². The maximum atomic E-state index is 12.2. The van der Waals surface area contributed by atoms with E-state index in [1.165, 1.54) is 12.0 Å². The second-order valence-corrected chi connectivity index (χ2v) is 6.25. The van der Waals surface area contributed by atoms with Crippen molar-refractivity contribution >= 4 is 23.2 Å². The predicted octanol–water partition coefficient (Wildman–Crippen LogP) is 2.57. The number of methoxy groups -OCH3 is 1. The second kappa shape index (κ2) is 7.89. The number of rotatable bonds is 6. The van der Waals surface area contributed by atoms with E-state index in [1.807, 2.05) is 25.5 Å². The average Bonchev–Trinajstić information content (AvgIpc) is 3.08. The average molecular weight is 332 g/mol. The number of carbonyl (C=O) groups is 2. The van der Waals surface area contributed by atoms with Crippen LogP contribution in [0.1, 0.15) is 31.6 Å².